The Labute approximate surface area is 120 Å². The van der Waals surface area contributed by atoms with E-state index in [1.54, 1.807) is 6.07 Å². The molecule has 5 nitrogen and oxygen atoms in total. The van der Waals surface area contributed by atoms with Crippen LogP contribution in [0.15, 0.2) is 23.1 Å². The van der Waals surface area contributed by atoms with E-state index in [-0.39, 0.29) is 4.90 Å². The molecule has 2 N–H and O–H groups in total. The minimum absolute atomic E-state index is 0.220. The van der Waals surface area contributed by atoms with Crippen molar-refractivity contribution in [2.75, 3.05) is 32.2 Å². The quantitative estimate of drug-likeness (QED) is 0.835. The fourth-order valence-corrected chi connectivity index (χ4v) is 3.19. The summed E-state index contributed by atoms with van der Waals surface area (Å²) in [6.07, 6.45) is 4.58. The van der Waals surface area contributed by atoms with Crippen LogP contribution in [-0.4, -0.2) is 45.8 Å². The van der Waals surface area contributed by atoms with Crippen molar-refractivity contribution < 1.29 is 13.2 Å². The highest BCUT2D eigenvalue weighted by Gasteiger charge is 2.20. The molecule has 1 saturated heterocycles. The zero-order valence-electron chi connectivity index (χ0n) is 12.0. The van der Waals surface area contributed by atoms with Crippen LogP contribution >= 0.6 is 0 Å². The molecule has 112 valence electrons. The molecule has 1 atom stereocenters. The first-order valence-electron chi connectivity index (χ1n) is 6.80. The van der Waals surface area contributed by atoms with Gasteiger partial charge in [-0.1, -0.05) is 0 Å². The third kappa shape index (κ3) is 3.64. The SMILES string of the molecule is CN1CCCC1CCOc1ccc(S(C)(=O)=O)cc1N. The van der Waals surface area contributed by atoms with Gasteiger partial charge in [0.1, 0.15) is 5.75 Å². The number of sulfone groups is 1. The Kier molecular flexibility index (Phi) is 4.55. The van der Waals surface area contributed by atoms with Crippen molar-refractivity contribution in [3.63, 3.8) is 0 Å². The van der Waals surface area contributed by atoms with Gasteiger partial charge < -0.3 is 15.4 Å². The summed E-state index contributed by atoms with van der Waals surface area (Å²) >= 11 is 0. The highest BCUT2D eigenvalue weighted by molar-refractivity contribution is 7.90. The van der Waals surface area contributed by atoms with Gasteiger partial charge in [0.15, 0.2) is 9.84 Å². The Morgan fingerprint density at radius 3 is 2.75 bits per heavy atom. The minimum atomic E-state index is -3.23. The highest BCUT2D eigenvalue weighted by Crippen LogP contribution is 2.25. The van der Waals surface area contributed by atoms with Crippen molar-refractivity contribution in [2.45, 2.75) is 30.2 Å². The summed E-state index contributed by atoms with van der Waals surface area (Å²) in [6.45, 7) is 1.74. The Morgan fingerprint density at radius 1 is 1.45 bits per heavy atom. The topological polar surface area (TPSA) is 72.6 Å². The van der Waals surface area contributed by atoms with Gasteiger partial charge in [0.05, 0.1) is 17.2 Å². The number of nitrogens with zero attached hydrogens (tertiary/aromatic N) is 1. The van der Waals surface area contributed by atoms with Crippen LogP contribution in [0.2, 0.25) is 0 Å². The van der Waals surface area contributed by atoms with Crippen LogP contribution < -0.4 is 10.5 Å². The molecule has 0 aromatic heterocycles. The third-order valence-corrected chi connectivity index (χ3v) is 4.90. The van der Waals surface area contributed by atoms with Crippen molar-refractivity contribution in [1.29, 1.82) is 0 Å². The molecule has 1 unspecified atom stereocenters. The van der Waals surface area contributed by atoms with Crippen molar-refractivity contribution in [3.05, 3.63) is 18.2 Å². The largest absolute Gasteiger partial charge is 0.491 e. The zero-order chi connectivity index (χ0) is 14.8. The number of hydrogen-bond acceptors (Lipinski definition) is 5. The molecular formula is C14H22N2O3S. The number of anilines is 1. The van der Waals surface area contributed by atoms with Crippen LogP contribution in [0.3, 0.4) is 0 Å². The molecule has 0 radical (unpaired) electrons. The van der Waals surface area contributed by atoms with Gasteiger partial charge in [-0.2, -0.15) is 0 Å². The Morgan fingerprint density at radius 2 is 2.20 bits per heavy atom. The van der Waals surface area contributed by atoms with Crippen molar-refractivity contribution in [3.8, 4) is 5.75 Å². The lowest BCUT2D eigenvalue weighted by Gasteiger charge is -2.19. The summed E-state index contributed by atoms with van der Waals surface area (Å²) in [7, 11) is -1.09. The van der Waals surface area contributed by atoms with E-state index in [1.807, 2.05) is 0 Å². The number of likely N-dealkylation sites (tertiary alicyclic amines) is 1. The monoisotopic (exact) mass is 298 g/mol. The van der Waals surface area contributed by atoms with Gasteiger partial charge >= 0.3 is 0 Å². The second kappa shape index (κ2) is 6.01. The predicted molar refractivity (Wildman–Crippen MR) is 79.7 cm³/mol. The lowest BCUT2D eigenvalue weighted by atomic mass is 10.1. The summed E-state index contributed by atoms with van der Waals surface area (Å²) < 4.78 is 28.5. The van der Waals surface area contributed by atoms with Crippen molar-refractivity contribution >= 4 is 15.5 Å². The number of benzene rings is 1. The smallest absolute Gasteiger partial charge is 0.175 e. The van der Waals surface area contributed by atoms with E-state index in [9.17, 15) is 8.42 Å². The fraction of sp³-hybridized carbons (Fsp3) is 0.571. The standard InChI is InChI=1S/C14H22N2O3S/c1-16-8-3-4-11(16)7-9-19-14-6-5-12(10-13(14)15)20(2,17)18/h5-6,10-11H,3-4,7-9,15H2,1-2H3. The molecule has 1 aromatic rings. The normalized spacial score (nSPS) is 20.2. The summed E-state index contributed by atoms with van der Waals surface area (Å²) in [5.74, 6) is 0.554. The van der Waals surface area contributed by atoms with Gasteiger partial charge in [-0.3, -0.25) is 0 Å². The van der Waals surface area contributed by atoms with E-state index in [4.69, 9.17) is 10.5 Å². The Hall–Kier alpha value is -1.27. The Balaban J connectivity index is 1.93. The van der Waals surface area contributed by atoms with Gasteiger partial charge in [-0.15, -0.1) is 0 Å². The second-order valence-corrected chi connectivity index (χ2v) is 7.40. The van der Waals surface area contributed by atoms with Gasteiger partial charge in [-0.25, -0.2) is 8.42 Å². The highest BCUT2D eigenvalue weighted by atomic mass is 32.2. The van der Waals surface area contributed by atoms with E-state index < -0.39 is 9.84 Å². The first kappa shape index (κ1) is 15.1. The first-order valence-corrected chi connectivity index (χ1v) is 8.69. The van der Waals surface area contributed by atoms with Gasteiger partial charge in [0, 0.05) is 12.3 Å². The molecule has 6 heteroatoms. The summed E-state index contributed by atoms with van der Waals surface area (Å²) in [4.78, 5) is 2.57. The van der Waals surface area contributed by atoms with E-state index in [0.717, 1.165) is 19.2 Å². The molecule has 1 aliphatic heterocycles. The summed E-state index contributed by atoms with van der Waals surface area (Å²) in [5, 5.41) is 0. The summed E-state index contributed by atoms with van der Waals surface area (Å²) in [6, 6.07) is 5.19. The maximum absolute atomic E-state index is 11.4. The minimum Gasteiger partial charge on any atom is -0.491 e. The molecule has 1 aliphatic rings. The average molecular weight is 298 g/mol. The molecule has 1 fully saturated rings. The molecule has 2 rings (SSSR count). The van der Waals surface area contributed by atoms with Crippen LogP contribution in [0.4, 0.5) is 5.69 Å². The zero-order valence-corrected chi connectivity index (χ0v) is 12.8. The van der Waals surface area contributed by atoms with E-state index in [2.05, 4.69) is 11.9 Å². The molecule has 0 bridgehead atoms. The molecule has 0 amide bonds. The van der Waals surface area contributed by atoms with E-state index in [1.165, 1.54) is 25.0 Å². The van der Waals surface area contributed by atoms with Crippen LogP contribution in [0.25, 0.3) is 0 Å². The average Bonchev–Trinajstić information content (AvgIpc) is 2.76. The van der Waals surface area contributed by atoms with Crippen LogP contribution in [0.1, 0.15) is 19.3 Å². The lowest BCUT2D eigenvalue weighted by Crippen LogP contribution is -2.26. The second-order valence-electron chi connectivity index (χ2n) is 5.39. The molecule has 1 aromatic carbocycles. The predicted octanol–water partition coefficient (Wildman–Crippen LogP) is 1.54. The van der Waals surface area contributed by atoms with Gasteiger partial charge in [0.25, 0.3) is 0 Å². The number of rotatable bonds is 5. The molecule has 0 aliphatic carbocycles. The third-order valence-electron chi connectivity index (χ3n) is 3.79. The summed E-state index contributed by atoms with van der Waals surface area (Å²) in [5.41, 5.74) is 6.21. The van der Waals surface area contributed by atoms with E-state index in [0.29, 0.717) is 24.1 Å². The molecule has 1 heterocycles. The van der Waals surface area contributed by atoms with E-state index >= 15 is 0 Å². The van der Waals surface area contributed by atoms with Crippen LogP contribution in [-0.2, 0) is 9.84 Å². The Bertz CT molecular complexity index is 572. The number of hydrogen-bond donors (Lipinski definition) is 1. The van der Waals surface area contributed by atoms with Gasteiger partial charge in [0.2, 0.25) is 0 Å². The van der Waals surface area contributed by atoms with Crippen LogP contribution in [0, 0.1) is 0 Å². The van der Waals surface area contributed by atoms with Crippen molar-refractivity contribution in [2.24, 2.45) is 0 Å². The molecule has 20 heavy (non-hydrogen) atoms. The lowest BCUT2D eigenvalue weighted by molar-refractivity contribution is 0.234. The fourth-order valence-electron chi connectivity index (χ4n) is 2.54. The number of ether oxygens (including phenoxy) is 1. The number of nitrogens with two attached hydrogens (primary N) is 1. The number of nitrogen functional groups attached to an aromatic ring is 1. The first-order chi connectivity index (χ1) is 9.38. The molecular weight excluding hydrogens is 276 g/mol. The van der Waals surface area contributed by atoms with Gasteiger partial charge in [-0.05, 0) is 51.1 Å². The maximum atomic E-state index is 11.4. The molecule has 0 spiro atoms. The molecule has 0 saturated carbocycles. The van der Waals surface area contributed by atoms with Crippen molar-refractivity contribution in [1.82, 2.24) is 4.90 Å². The van der Waals surface area contributed by atoms with Crippen LogP contribution in [0.5, 0.6) is 5.75 Å². The maximum Gasteiger partial charge on any atom is 0.175 e.